The molecule has 0 spiro atoms. The topological polar surface area (TPSA) is 103 Å². The number of rotatable bonds is 5. The number of benzene rings is 1. The highest BCUT2D eigenvalue weighted by molar-refractivity contribution is 6.22. The molecule has 130 valence electrons. The van der Waals surface area contributed by atoms with Crippen LogP contribution in [0.5, 0.6) is 0 Å². The van der Waals surface area contributed by atoms with Crippen LogP contribution in [0.4, 0.5) is 0 Å². The Balaban J connectivity index is 1.81. The molecule has 0 fully saturated rings. The molecule has 1 atom stereocenters. The minimum absolute atomic E-state index is 0.149. The van der Waals surface area contributed by atoms with Crippen LogP contribution in [0, 0.1) is 12.8 Å². The number of aromatic nitrogens is 2. The molecule has 2 heterocycles. The van der Waals surface area contributed by atoms with Crippen molar-refractivity contribution in [3.63, 3.8) is 0 Å². The molecular weight excluding hydrogens is 326 g/mol. The van der Waals surface area contributed by atoms with Crippen LogP contribution in [-0.2, 0) is 16.1 Å². The second kappa shape index (κ2) is 6.46. The van der Waals surface area contributed by atoms with Crippen molar-refractivity contribution in [1.82, 2.24) is 15.1 Å². The lowest BCUT2D eigenvalue weighted by molar-refractivity contribution is -0.151. The third-order valence-corrected chi connectivity index (χ3v) is 3.88. The van der Waals surface area contributed by atoms with Gasteiger partial charge >= 0.3 is 5.97 Å². The maximum Gasteiger partial charge on any atom is 0.330 e. The summed E-state index contributed by atoms with van der Waals surface area (Å²) >= 11 is 0. The molecule has 0 N–H and O–H groups in total. The first kappa shape index (κ1) is 16.8. The van der Waals surface area contributed by atoms with Gasteiger partial charge in [0.1, 0.15) is 6.04 Å². The first-order valence-electron chi connectivity index (χ1n) is 7.82. The summed E-state index contributed by atoms with van der Waals surface area (Å²) in [5.41, 5.74) is 0.581. The fourth-order valence-corrected chi connectivity index (χ4v) is 2.75. The van der Waals surface area contributed by atoms with Crippen LogP contribution in [0.15, 0.2) is 28.7 Å². The molecule has 0 aliphatic carbocycles. The normalized spacial score (nSPS) is 14.8. The van der Waals surface area contributed by atoms with E-state index >= 15 is 0 Å². The highest BCUT2D eigenvalue weighted by Crippen LogP contribution is 2.27. The Bertz CT molecular complexity index is 807. The molecule has 0 unspecified atom stereocenters. The Kier molecular flexibility index (Phi) is 4.35. The summed E-state index contributed by atoms with van der Waals surface area (Å²) in [7, 11) is 0. The van der Waals surface area contributed by atoms with Gasteiger partial charge in [0.25, 0.3) is 17.7 Å². The lowest BCUT2D eigenvalue weighted by atomic mass is 10.0. The van der Waals surface area contributed by atoms with Gasteiger partial charge < -0.3 is 9.15 Å². The van der Waals surface area contributed by atoms with Crippen LogP contribution >= 0.6 is 0 Å². The zero-order chi connectivity index (χ0) is 18.1. The third-order valence-electron chi connectivity index (χ3n) is 3.88. The smallest absolute Gasteiger partial charge is 0.330 e. The van der Waals surface area contributed by atoms with Gasteiger partial charge in [0, 0.05) is 6.92 Å². The molecule has 1 aliphatic rings. The molecule has 2 amide bonds. The average molecular weight is 343 g/mol. The molecule has 0 saturated heterocycles. The van der Waals surface area contributed by atoms with Gasteiger partial charge in [-0.15, -0.1) is 10.2 Å². The van der Waals surface area contributed by atoms with Crippen molar-refractivity contribution in [2.75, 3.05) is 0 Å². The molecule has 25 heavy (non-hydrogen) atoms. The summed E-state index contributed by atoms with van der Waals surface area (Å²) in [6.07, 6.45) is 0. The summed E-state index contributed by atoms with van der Waals surface area (Å²) in [5.74, 6) is -1.50. The number of hydrogen-bond acceptors (Lipinski definition) is 7. The number of ether oxygens (including phenoxy) is 1. The second-order valence-electron chi connectivity index (χ2n) is 6.04. The Morgan fingerprint density at radius 2 is 1.76 bits per heavy atom. The van der Waals surface area contributed by atoms with Crippen molar-refractivity contribution in [1.29, 1.82) is 0 Å². The van der Waals surface area contributed by atoms with E-state index in [0.29, 0.717) is 17.0 Å². The van der Waals surface area contributed by atoms with Crippen molar-refractivity contribution in [2.45, 2.75) is 33.4 Å². The molecular formula is C17H17N3O5. The average Bonchev–Trinajstić information content (AvgIpc) is 3.10. The van der Waals surface area contributed by atoms with Crippen LogP contribution in [0.2, 0.25) is 0 Å². The molecule has 0 saturated carbocycles. The summed E-state index contributed by atoms with van der Waals surface area (Å²) in [6, 6.07) is 5.46. The van der Waals surface area contributed by atoms with E-state index in [9.17, 15) is 14.4 Å². The van der Waals surface area contributed by atoms with E-state index in [-0.39, 0.29) is 18.4 Å². The molecule has 1 aliphatic heterocycles. The van der Waals surface area contributed by atoms with E-state index < -0.39 is 23.8 Å². The lowest BCUT2D eigenvalue weighted by Crippen LogP contribution is -2.48. The first-order valence-corrected chi connectivity index (χ1v) is 7.82. The van der Waals surface area contributed by atoms with E-state index in [2.05, 4.69) is 10.2 Å². The molecule has 0 radical (unpaired) electrons. The number of aryl methyl sites for hydroxylation is 1. The Morgan fingerprint density at radius 1 is 1.16 bits per heavy atom. The number of nitrogens with zero attached hydrogens (tertiary/aromatic N) is 3. The van der Waals surface area contributed by atoms with Crippen molar-refractivity contribution >= 4 is 17.8 Å². The second-order valence-corrected chi connectivity index (χ2v) is 6.04. The SMILES string of the molecule is Cc1nnc(COC(=O)[C@@H](C(C)C)N2C(=O)c3ccccc3C2=O)o1. The summed E-state index contributed by atoms with van der Waals surface area (Å²) in [5, 5.41) is 7.39. The highest BCUT2D eigenvalue weighted by Gasteiger charge is 2.44. The zero-order valence-corrected chi connectivity index (χ0v) is 14.1. The molecule has 8 nitrogen and oxygen atoms in total. The molecule has 2 aromatic rings. The largest absolute Gasteiger partial charge is 0.454 e. The number of carbonyl (C=O) groups excluding carboxylic acids is 3. The van der Waals surface area contributed by atoms with Gasteiger partial charge in [0.2, 0.25) is 5.89 Å². The first-order chi connectivity index (χ1) is 11.9. The number of fused-ring (bicyclic) bond motifs is 1. The monoisotopic (exact) mass is 343 g/mol. The van der Waals surface area contributed by atoms with Gasteiger partial charge in [0.15, 0.2) is 6.61 Å². The van der Waals surface area contributed by atoms with Gasteiger partial charge in [-0.3, -0.25) is 14.5 Å². The minimum Gasteiger partial charge on any atom is -0.454 e. The summed E-state index contributed by atoms with van der Waals surface area (Å²) in [6.45, 7) is 4.89. The third kappa shape index (κ3) is 3.02. The van der Waals surface area contributed by atoms with E-state index in [1.807, 2.05) is 0 Å². The molecule has 3 rings (SSSR count). The zero-order valence-electron chi connectivity index (χ0n) is 14.1. The predicted molar refractivity (Wildman–Crippen MR) is 84.4 cm³/mol. The summed E-state index contributed by atoms with van der Waals surface area (Å²) in [4.78, 5) is 38.7. The van der Waals surface area contributed by atoms with E-state index in [1.165, 1.54) is 0 Å². The van der Waals surface area contributed by atoms with Crippen molar-refractivity contribution in [3.05, 3.63) is 47.2 Å². The van der Waals surface area contributed by atoms with Gasteiger partial charge in [-0.25, -0.2) is 4.79 Å². The van der Waals surface area contributed by atoms with Crippen LogP contribution in [0.25, 0.3) is 0 Å². The number of hydrogen-bond donors (Lipinski definition) is 0. The van der Waals surface area contributed by atoms with Crippen molar-refractivity contribution in [3.8, 4) is 0 Å². The van der Waals surface area contributed by atoms with Crippen LogP contribution in [0.1, 0.15) is 46.3 Å². The van der Waals surface area contributed by atoms with Gasteiger partial charge in [0.05, 0.1) is 11.1 Å². The van der Waals surface area contributed by atoms with Crippen LogP contribution < -0.4 is 0 Å². The highest BCUT2D eigenvalue weighted by atomic mass is 16.5. The van der Waals surface area contributed by atoms with Crippen molar-refractivity contribution < 1.29 is 23.5 Å². The molecule has 0 bridgehead atoms. The standard InChI is InChI=1S/C17H17N3O5/c1-9(2)14(17(23)24-8-13-19-18-10(3)25-13)20-15(21)11-6-4-5-7-12(11)16(20)22/h4-7,9,14H,8H2,1-3H3/t14-/m1/s1. The van der Waals surface area contributed by atoms with Gasteiger partial charge in [-0.2, -0.15) is 0 Å². The lowest BCUT2D eigenvalue weighted by Gasteiger charge is -2.27. The number of imide groups is 1. The predicted octanol–water partition coefficient (Wildman–Crippen LogP) is 1.74. The fourth-order valence-electron chi connectivity index (χ4n) is 2.75. The van der Waals surface area contributed by atoms with Crippen LogP contribution in [-0.4, -0.2) is 38.9 Å². The Labute approximate surface area is 143 Å². The van der Waals surface area contributed by atoms with E-state index in [4.69, 9.17) is 9.15 Å². The minimum atomic E-state index is -1.03. The quantitative estimate of drug-likeness (QED) is 0.602. The van der Waals surface area contributed by atoms with E-state index in [1.54, 1.807) is 45.0 Å². The number of carbonyl (C=O) groups is 3. The summed E-state index contributed by atoms with van der Waals surface area (Å²) < 4.78 is 10.3. The van der Waals surface area contributed by atoms with E-state index in [0.717, 1.165) is 4.90 Å². The van der Waals surface area contributed by atoms with Gasteiger partial charge in [-0.1, -0.05) is 26.0 Å². The molecule has 1 aromatic carbocycles. The van der Waals surface area contributed by atoms with Gasteiger partial charge in [-0.05, 0) is 18.1 Å². The number of esters is 1. The maximum absolute atomic E-state index is 12.6. The molecule has 1 aromatic heterocycles. The fraction of sp³-hybridized carbons (Fsp3) is 0.353. The maximum atomic E-state index is 12.6. The molecule has 8 heteroatoms. The van der Waals surface area contributed by atoms with Crippen LogP contribution in [0.3, 0.4) is 0 Å². The Hall–Kier alpha value is -3.03. The number of amides is 2. The Morgan fingerprint density at radius 3 is 2.24 bits per heavy atom. The van der Waals surface area contributed by atoms with Crippen molar-refractivity contribution in [2.24, 2.45) is 5.92 Å².